The van der Waals surface area contributed by atoms with E-state index in [0.29, 0.717) is 9.13 Å². The maximum atomic E-state index is 13.4. The molecule has 0 aliphatic rings. The average Bonchev–Trinajstić information content (AvgIpc) is 3.02. The number of benzene rings is 5. The SMILES string of the molecule is C.C#Cc1cc(C)c(C(C)(C)C)cc1F.Cc1cc(I)c(F)cc1C(C)(C)C.Cc1cc2ccccc2cc1C(C)(C)C.Cc1ccc(C(C)(C)C)c(C)c1. The van der Waals surface area contributed by atoms with E-state index in [2.05, 4.69) is 164 Å². The summed E-state index contributed by atoms with van der Waals surface area (Å²) in [6.07, 6.45) is 5.19. The summed E-state index contributed by atoms with van der Waals surface area (Å²) < 4.78 is 27.4. The first-order chi connectivity index (χ1) is 24.6. The summed E-state index contributed by atoms with van der Waals surface area (Å²) in [5.74, 6) is 1.92. The third-order valence-electron chi connectivity index (χ3n) is 9.44. The van der Waals surface area contributed by atoms with E-state index in [1.165, 1.54) is 44.2 Å². The van der Waals surface area contributed by atoms with Gasteiger partial charge in [0.05, 0.1) is 5.56 Å². The van der Waals surface area contributed by atoms with Gasteiger partial charge in [0.1, 0.15) is 11.6 Å². The molecular formula is C52H69F2I. The first-order valence-electron chi connectivity index (χ1n) is 18.9. The molecule has 0 aliphatic carbocycles. The van der Waals surface area contributed by atoms with Crippen LogP contribution >= 0.6 is 22.6 Å². The molecule has 298 valence electrons. The molecule has 0 heterocycles. The van der Waals surface area contributed by atoms with Crippen LogP contribution in [0.15, 0.2) is 78.9 Å². The van der Waals surface area contributed by atoms with Gasteiger partial charge in [0, 0.05) is 3.57 Å². The zero-order valence-corrected chi connectivity index (χ0v) is 38.4. The van der Waals surface area contributed by atoms with Crippen molar-refractivity contribution in [3.63, 3.8) is 0 Å². The van der Waals surface area contributed by atoms with Crippen molar-refractivity contribution in [3.8, 4) is 12.3 Å². The molecule has 0 saturated heterocycles. The fourth-order valence-electron chi connectivity index (χ4n) is 6.87. The van der Waals surface area contributed by atoms with Crippen molar-refractivity contribution in [1.29, 1.82) is 0 Å². The quantitative estimate of drug-likeness (QED) is 0.108. The summed E-state index contributed by atoms with van der Waals surface area (Å²) in [7, 11) is 0. The van der Waals surface area contributed by atoms with E-state index in [1.54, 1.807) is 18.2 Å². The van der Waals surface area contributed by atoms with Gasteiger partial charge in [0.15, 0.2) is 0 Å². The molecule has 5 rings (SSSR count). The molecule has 0 saturated carbocycles. The predicted molar refractivity (Wildman–Crippen MR) is 249 cm³/mol. The van der Waals surface area contributed by atoms with Crippen LogP contribution in [0.25, 0.3) is 10.8 Å². The van der Waals surface area contributed by atoms with Crippen molar-refractivity contribution in [3.05, 3.63) is 150 Å². The Morgan fingerprint density at radius 3 is 1.29 bits per heavy atom. The van der Waals surface area contributed by atoms with Crippen LogP contribution in [0.2, 0.25) is 0 Å². The minimum Gasteiger partial charge on any atom is -0.206 e. The second-order valence-electron chi connectivity index (χ2n) is 18.7. The van der Waals surface area contributed by atoms with Gasteiger partial charge in [-0.1, -0.05) is 157 Å². The summed E-state index contributed by atoms with van der Waals surface area (Å²) in [5.41, 5.74) is 12.2. The van der Waals surface area contributed by atoms with Crippen LogP contribution in [0.5, 0.6) is 0 Å². The lowest BCUT2D eigenvalue weighted by molar-refractivity contribution is 0.565. The van der Waals surface area contributed by atoms with Crippen molar-refractivity contribution in [2.24, 2.45) is 0 Å². The van der Waals surface area contributed by atoms with E-state index in [4.69, 9.17) is 6.42 Å². The van der Waals surface area contributed by atoms with Gasteiger partial charge in [-0.05, 0) is 158 Å². The molecule has 3 heteroatoms. The topological polar surface area (TPSA) is 0 Å². The first kappa shape index (κ1) is 49.5. The van der Waals surface area contributed by atoms with Gasteiger partial charge in [-0.25, -0.2) is 8.78 Å². The smallest absolute Gasteiger partial charge is 0.139 e. The summed E-state index contributed by atoms with van der Waals surface area (Å²) in [5, 5.41) is 2.68. The van der Waals surface area contributed by atoms with Crippen LogP contribution in [0.1, 0.15) is 146 Å². The van der Waals surface area contributed by atoms with Gasteiger partial charge in [-0.2, -0.15) is 0 Å². The van der Waals surface area contributed by atoms with Crippen LogP contribution in [0, 0.1) is 62.2 Å². The molecule has 5 aromatic carbocycles. The lowest BCUT2D eigenvalue weighted by Crippen LogP contribution is -2.13. The number of hydrogen-bond donors (Lipinski definition) is 0. The van der Waals surface area contributed by atoms with Crippen LogP contribution in [0.4, 0.5) is 8.78 Å². The van der Waals surface area contributed by atoms with Crippen molar-refractivity contribution in [2.75, 3.05) is 0 Å². The normalized spacial score (nSPS) is 11.5. The zero-order chi connectivity index (χ0) is 41.6. The van der Waals surface area contributed by atoms with E-state index in [1.807, 2.05) is 42.5 Å². The molecule has 0 aliphatic heterocycles. The molecule has 0 unspecified atom stereocenters. The summed E-state index contributed by atoms with van der Waals surface area (Å²) in [6.45, 7) is 36.6. The second-order valence-corrected chi connectivity index (χ2v) is 19.9. The van der Waals surface area contributed by atoms with Gasteiger partial charge < -0.3 is 0 Å². The number of hydrogen-bond acceptors (Lipinski definition) is 0. The Kier molecular flexibility index (Phi) is 17.6. The third kappa shape index (κ3) is 14.5. The highest BCUT2D eigenvalue weighted by Gasteiger charge is 2.20. The Hall–Kier alpha value is -3.49. The lowest BCUT2D eigenvalue weighted by Gasteiger charge is -2.22. The monoisotopic (exact) mass is 858 g/mol. The summed E-state index contributed by atoms with van der Waals surface area (Å²) in [4.78, 5) is 0. The molecule has 0 N–H and O–H groups in total. The van der Waals surface area contributed by atoms with Crippen molar-refractivity contribution < 1.29 is 8.78 Å². The lowest BCUT2D eigenvalue weighted by atomic mass is 9.83. The molecule has 0 radical (unpaired) electrons. The van der Waals surface area contributed by atoms with Gasteiger partial charge in [-0.15, -0.1) is 6.42 Å². The summed E-state index contributed by atoms with van der Waals surface area (Å²) >= 11 is 2.02. The Bertz CT molecular complexity index is 2080. The van der Waals surface area contributed by atoms with Gasteiger partial charge in [0.2, 0.25) is 0 Å². The molecule has 0 nitrogen and oxygen atoms in total. The molecule has 0 bridgehead atoms. The van der Waals surface area contributed by atoms with Gasteiger partial charge >= 0.3 is 0 Å². The number of aryl methyl sites for hydroxylation is 5. The molecule has 0 fully saturated rings. The fraction of sp³-hybridized carbons (Fsp3) is 0.423. The van der Waals surface area contributed by atoms with E-state index >= 15 is 0 Å². The molecule has 0 amide bonds. The van der Waals surface area contributed by atoms with Gasteiger partial charge in [0.25, 0.3) is 0 Å². The Morgan fingerprint density at radius 1 is 0.473 bits per heavy atom. The first-order valence-corrected chi connectivity index (χ1v) is 20.0. The largest absolute Gasteiger partial charge is 0.206 e. The van der Waals surface area contributed by atoms with E-state index in [-0.39, 0.29) is 40.7 Å². The van der Waals surface area contributed by atoms with Crippen molar-refractivity contribution in [2.45, 2.75) is 147 Å². The Labute approximate surface area is 349 Å². The maximum absolute atomic E-state index is 13.4. The second kappa shape index (κ2) is 19.6. The van der Waals surface area contributed by atoms with Crippen LogP contribution in [-0.2, 0) is 21.7 Å². The molecule has 0 spiro atoms. The predicted octanol–water partition coefficient (Wildman–Crippen LogP) is 16.1. The zero-order valence-electron chi connectivity index (χ0n) is 36.2. The fourth-order valence-corrected chi connectivity index (χ4v) is 7.49. The third-order valence-corrected chi connectivity index (χ3v) is 10.3. The van der Waals surface area contributed by atoms with Gasteiger partial charge in [-0.3, -0.25) is 0 Å². The van der Waals surface area contributed by atoms with Crippen LogP contribution < -0.4 is 0 Å². The van der Waals surface area contributed by atoms with Crippen molar-refractivity contribution >= 4 is 33.4 Å². The van der Waals surface area contributed by atoms with Crippen molar-refractivity contribution in [1.82, 2.24) is 0 Å². The summed E-state index contributed by atoms with van der Waals surface area (Å²) in [6, 6.07) is 26.7. The minimum absolute atomic E-state index is 0. The number of halogens is 3. The van der Waals surface area contributed by atoms with E-state index in [9.17, 15) is 8.78 Å². The van der Waals surface area contributed by atoms with E-state index in [0.717, 1.165) is 16.7 Å². The highest BCUT2D eigenvalue weighted by Crippen LogP contribution is 2.31. The number of fused-ring (bicyclic) bond motifs is 1. The number of rotatable bonds is 0. The molecular weight excluding hydrogens is 789 g/mol. The number of terminal acetylenes is 1. The minimum atomic E-state index is -0.303. The molecule has 0 atom stereocenters. The van der Waals surface area contributed by atoms with Crippen LogP contribution in [0.3, 0.4) is 0 Å². The Balaban J connectivity index is 0.000000366. The Morgan fingerprint density at radius 2 is 0.855 bits per heavy atom. The molecule has 0 aromatic heterocycles. The standard InChI is InChI=1S/C15H18.C13H15F.C12H18.C11H14FI.CH4/c1-11-9-12-7-5-6-8-13(12)10-14(11)15(2,3)4;1-6-10-7-9(2)11(8-12(10)14)13(3,4)5;1-9-6-7-11(10(2)8-9)12(3,4)5;1-7-5-10(13)9(12)6-8(7)11(2,3)4;/h5-10H,1-4H3;1,7-8H,2-5H3;6-8H,1-5H3;5-6H,1-4H3;1H4. The van der Waals surface area contributed by atoms with E-state index < -0.39 is 0 Å². The highest BCUT2D eigenvalue weighted by molar-refractivity contribution is 14.1. The maximum Gasteiger partial charge on any atom is 0.139 e. The van der Waals surface area contributed by atoms with Crippen LogP contribution in [-0.4, -0.2) is 0 Å². The molecule has 55 heavy (non-hydrogen) atoms. The average molecular weight is 859 g/mol. The highest BCUT2D eigenvalue weighted by atomic mass is 127. The molecule has 5 aromatic rings.